The number of furan rings is 1. The van der Waals surface area contributed by atoms with Crippen LogP contribution < -0.4 is 20.7 Å². The van der Waals surface area contributed by atoms with E-state index in [4.69, 9.17) is 14.4 Å². The maximum Gasteiger partial charge on any atom is 0.235 e. The normalized spacial score (nSPS) is 11.8. The van der Waals surface area contributed by atoms with Gasteiger partial charge in [-0.25, -0.2) is 9.97 Å². The van der Waals surface area contributed by atoms with Crippen LogP contribution in [0.25, 0.3) is 83.3 Å². The number of para-hydroxylation sites is 4. The van der Waals surface area contributed by atoms with Gasteiger partial charge in [0.1, 0.15) is 11.2 Å². The summed E-state index contributed by atoms with van der Waals surface area (Å²) in [5, 5.41) is 9.65. The second-order valence-corrected chi connectivity index (χ2v) is 19.9. The predicted octanol–water partition coefficient (Wildman–Crippen LogP) is 11.9. The van der Waals surface area contributed by atoms with E-state index in [0.717, 1.165) is 66.3 Å². The van der Waals surface area contributed by atoms with Crippen LogP contribution in [0.1, 0.15) is 0 Å². The minimum Gasteiger partial charge on any atom is -0.455 e. The van der Waals surface area contributed by atoms with Crippen LogP contribution in [0, 0.1) is 0 Å². The zero-order chi connectivity index (χ0) is 41.7. The Morgan fingerprint density at radius 3 is 1.49 bits per heavy atom. The highest BCUT2D eigenvalue weighted by molar-refractivity contribution is 7.20. The average Bonchev–Trinajstić information content (AvgIpc) is 3.92. The van der Waals surface area contributed by atoms with Crippen LogP contribution in [0.5, 0.6) is 0 Å². The smallest absolute Gasteiger partial charge is 0.235 e. The van der Waals surface area contributed by atoms with Gasteiger partial charge in [-0.05, 0) is 62.2 Å². The van der Waals surface area contributed by atoms with E-state index in [9.17, 15) is 0 Å². The SMILES string of the molecule is c1ccc(-c2cccc([Si](c3ccccc3)(c3ccccc3)c3cccc(-c4cc(-c5cccc6c5oc5ccccc56)nc(-n5c6ccccc6c6ccccc65)n4)c3)c2)cc1. The lowest BCUT2D eigenvalue weighted by Gasteiger charge is -2.35. The third kappa shape index (κ3) is 6.04. The van der Waals surface area contributed by atoms with Gasteiger partial charge in [-0.15, -0.1) is 0 Å². The van der Waals surface area contributed by atoms with Gasteiger partial charge in [0.2, 0.25) is 5.95 Å². The third-order valence-electron chi connectivity index (χ3n) is 12.6. The molecule has 0 saturated carbocycles. The van der Waals surface area contributed by atoms with Crippen LogP contribution in [-0.2, 0) is 0 Å². The van der Waals surface area contributed by atoms with Crippen LogP contribution in [0.2, 0.25) is 0 Å². The first-order valence-corrected chi connectivity index (χ1v) is 23.4. The van der Waals surface area contributed by atoms with Crippen molar-refractivity contribution in [1.29, 1.82) is 0 Å². The number of nitrogens with zero attached hydrogens (tertiary/aromatic N) is 3. The summed E-state index contributed by atoms with van der Waals surface area (Å²) in [6.45, 7) is 0. The zero-order valence-corrected chi connectivity index (χ0v) is 35.3. The Bertz CT molecular complexity index is 3540. The predicted molar refractivity (Wildman–Crippen MR) is 264 cm³/mol. The molecule has 0 spiro atoms. The molecule has 0 unspecified atom stereocenters. The standard InChI is InChI=1S/C58H39N3OSi/c1-4-19-40(20-5-1)41-21-16-27-45(37-41)63(43-23-6-2-7-24-43,44-25-8-3-9-26-44)46-28-17-22-42(38-46)52-39-53(51-33-18-32-50-49-31-12-15-36-56(49)62-57(50)51)60-58(59-52)61-54-34-13-10-29-47(54)48-30-11-14-35-55(48)61/h1-39H. The summed E-state index contributed by atoms with van der Waals surface area (Å²) in [6, 6.07) is 85.0. The topological polar surface area (TPSA) is 43.9 Å². The van der Waals surface area contributed by atoms with Crippen molar-refractivity contribution in [2.24, 2.45) is 0 Å². The van der Waals surface area contributed by atoms with Crippen molar-refractivity contribution in [2.45, 2.75) is 0 Å². The van der Waals surface area contributed by atoms with Crippen molar-refractivity contribution in [1.82, 2.24) is 14.5 Å². The van der Waals surface area contributed by atoms with E-state index in [0.29, 0.717) is 5.95 Å². The molecule has 5 heteroatoms. The highest BCUT2D eigenvalue weighted by Crippen LogP contribution is 2.38. The monoisotopic (exact) mass is 821 g/mol. The molecule has 0 aliphatic rings. The molecule has 0 N–H and O–H groups in total. The van der Waals surface area contributed by atoms with E-state index in [1.54, 1.807) is 0 Å². The molecule has 296 valence electrons. The fraction of sp³-hybridized carbons (Fsp3) is 0. The minimum absolute atomic E-state index is 0.601. The fourth-order valence-corrected chi connectivity index (χ4v) is 14.6. The van der Waals surface area contributed by atoms with Crippen molar-refractivity contribution in [3.63, 3.8) is 0 Å². The van der Waals surface area contributed by atoms with Crippen LogP contribution in [0.3, 0.4) is 0 Å². The van der Waals surface area contributed by atoms with Crippen LogP contribution >= 0.6 is 0 Å². The Labute approximate surface area is 366 Å². The number of hydrogen-bond acceptors (Lipinski definition) is 3. The molecule has 12 rings (SSSR count). The zero-order valence-electron chi connectivity index (χ0n) is 34.3. The molecule has 3 aromatic heterocycles. The molecule has 12 aromatic rings. The van der Waals surface area contributed by atoms with Crippen LogP contribution in [0.4, 0.5) is 0 Å². The third-order valence-corrected chi connectivity index (χ3v) is 17.3. The highest BCUT2D eigenvalue weighted by Gasteiger charge is 2.41. The van der Waals surface area contributed by atoms with Gasteiger partial charge in [0, 0.05) is 32.7 Å². The molecule has 0 radical (unpaired) electrons. The number of benzene rings is 9. The molecule has 0 aliphatic carbocycles. The maximum atomic E-state index is 6.65. The van der Waals surface area contributed by atoms with E-state index in [1.807, 2.05) is 12.1 Å². The second-order valence-electron chi connectivity index (χ2n) is 16.1. The molecular formula is C58H39N3OSi. The van der Waals surface area contributed by atoms with Crippen molar-refractivity contribution in [2.75, 3.05) is 0 Å². The highest BCUT2D eigenvalue weighted by atomic mass is 28.3. The number of aromatic nitrogens is 3. The molecule has 0 saturated heterocycles. The molecule has 0 bridgehead atoms. The first-order chi connectivity index (χ1) is 31.2. The van der Waals surface area contributed by atoms with Gasteiger partial charge in [-0.3, -0.25) is 4.57 Å². The van der Waals surface area contributed by atoms with Gasteiger partial charge in [-0.2, -0.15) is 0 Å². The van der Waals surface area contributed by atoms with Crippen molar-refractivity contribution in [3.05, 3.63) is 237 Å². The molecule has 0 amide bonds. The maximum absolute atomic E-state index is 6.65. The minimum atomic E-state index is -2.96. The average molecular weight is 822 g/mol. The lowest BCUT2D eigenvalue weighted by atomic mass is 10.0. The fourth-order valence-electron chi connectivity index (χ4n) is 9.76. The Morgan fingerprint density at radius 1 is 0.349 bits per heavy atom. The Morgan fingerprint density at radius 2 is 0.825 bits per heavy atom. The molecular weight excluding hydrogens is 783 g/mol. The van der Waals surface area contributed by atoms with Crippen molar-refractivity contribution < 1.29 is 4.42 Å². The first kappa shape index (κ1) is 36.7. The number of rotatable bonds is 8. The Kier molecular flexibility index (Phi) is 8.80. The van der Waals surface area contributed by atoms with E-state index in [-0.39, 0.29) is 0 Å². The van der Waals surface area contributed by atoms with E-state index >= 15 is 0 Å². The summed E-state index contributed by atoms with van der Waals surface area (Å²) in [7, 11) is -2.96. The van der Waals surface area contributed by atoms with Crippen LogP contribution in [0.15, 0.2) is 241 Å². The first-order valence-electron chi connectivity index (χ1n) is 21.4. The summed E-state index contributed by atoms with van der Waals surface area (Å²) in [5.41, 5.74) is 9.70. The molecule has 3 heterocycles. The van der Waals surface area contributed by atoms with E-state index in [1.165, 1.54) is 31.9 Å². The molecule has 63 heavy (non-hydrogen) atoms. The number of hydrogen-bond donors (Lipinski definition) is 0. The summed E-state index contributed by atoms with van der Waals surface area (Å²) in [4.78, 5) is 11.0. The van der Waals surface area contributed by atoms with Crippen molar-refractivity contribution in [3.8, 4) is 39.6 Å². The lowest BCUT2D eigenvalue weighted by Crippen LogP contribution is -2.74. The van der Waals surface area contributed by atoms with Crippen LogP contribution in [-0.4, -0.2) is 22.6 Å². The van der Waals surface area contributed by atoms with E-state index in [2.05, 4.69) is 229 Å². The molecule has 0 atom stereocenters. The quantitative estimate of drug-likeness (QED) is 0.113. The molecule has 9 aromatic carbocycles. The summed E-state index contributed by atoms with van der Waals surface area (Å²) < 4.78 is 8.86. The van der Waals surface area contributed by atoms with Gasteiger partial charge in [0.05, 0.1) is 22.4 Å². The van der Waals surface area contributed by atoms with Crippen molar-refractivity contribution >= 4 is 72.6 Å². The van der Waals surface area contributed by atoms with E-state index < -0.39 is 8.07 Å². The molecule has 4 nitrogen and oxygen atoms in total. The van der Waals surface area contributed by atoms with Gasteiger partial charge >= 0.3 is 0 Å². The lowest BCUT2D eigenvalue weighted by molar-refractivity contribution is 0.670. The Hall–Kier alpha value is -8.12. The summed E-state index contributed by atoms with van der Waals surface area (Å²) in [6.07, 6.45) is 0. The summed E-state index contributed by atoms with van der Waals surface area (Å²) >= 11 is 0. The molecule has 0 fully saturated rings. The van der Waals surface area contributed by atoms with Gasteiger partial charge in [-0.1, -0.05) is 206 Å². The summed E-state index contributed by atoms with van der Waals surface area (Å²) in [5.74, 6) is 0.601. The second kappa shape index (κ2) is 15.1. The van der Waals surface area contributed by atoms with Gasteiger partial charge in [0.15, 0.2) is 8.07 Å². The Balaban J connectivity index is 1.14. The number of fused-ring (bicyclic) bond motifs is 6. The largest absolute Gasteiger partial charge is 0.455 e. The molecule has 0 aliphatic heterocycles. The van der Waals surface area contributed by atoms with Gasteiger partial charge < -0.3 is 4.42 Å². The van der Waals surface area contributed by atoms with Gasteiger partial charge in [0.25, 0.3) is 0 Å².